The molecule has 2 aromatic rings. The van der Waals surface area contributed by atoms with Crippen molar-refractivity contribution < 1.29 is 13.2 Å². The molecule has 0 bridgehead atoms. The van der Waals surface area contributed by atoms with Gasteiger partial charge in [0.1, 0.15) is 0 Å². The van der Waals surface area contributed by atoms with E-state index >= 15 is 0 Å². The van der Waals surface area contributed by atoms with E-state index in [4.69, 9.17) is 46.4 Å². The molecule has 26 heavy (non-hydrogen) atoms. The number of benzene rings is 2. The summed E-state index contributed by atoms with van der Waals surface area (Å²) in [6.07, 6.45) is -3.96. The lowest BCUT2D eigenvalue weighted by atomic mass is 9.74. The fourth-order valence-electron chi connectivity index (χ4n) is 3.32. The van der Waals surface area contributed by atoms with E-state index in [1.807, 2.05) is 0 Å². The molecule has 0 N–H and O–H groups in total. The number of alkyl halides is 5. The number of rotatable bonds is 2. The van der Waals surface area contributed by atoms with Crippen LogP contribution in [0.5, 0.6) is 0 Å². The van der Waals surface area contributed by atoms with Crippen LogP contribution in [0.4, 0.5) is 13.2 Å². The molecule has 0 radical (unpaired) electrons. The molecule has 0 amide bonds. The second-order valence-electron chi connectivity index (χ2n) is 6.31. The van der Waals surface area contributed by atoms with Crippen LogP contribution in [-0.4, -0.2) is 6.18 Å². The van der Waals surface area contributed by atoms with Crippen LogP contribution in [0.3, 0.4) is 0 Å². The molecule has 2 aromatic carbocycles. The zero-order valence-corrected chi connectivity index (χ0v) is 16.3. The normalized spacial score (nSPS) is 26.5. The first-order valence-electron chi connectivity index (χ1n) is 7.72. The largest absolute Gasteiger partial charge is 0.412 e. The van der Waals surface area contributed by atoms with Crippen molar-refractivity contribution in [3.63, 3.8) is 0 Å². The van der Waals surface area contributed by atoms with Crippen LogP contribution in [0.2, 0.25) is 10.0 Å². The highest BCUT2D eigenvalue weighted by Gasteiger charge is 2.51. The van der Waals surface area contributed by atoms with Crippen molar-refractivity contribution in [1.29, 1.82) is 0 Å². The Labute approximate surface area is 169 Å². The number of hydrogen-bond donors (Lipinski definition) is 0. The van der Waals surface area contributed by atoms with Crippen LogP contribution < -0.4 is 0 Å². The molecule has 0 fully saturated rings. The molecule has 2 unspecified atom stereocenters. The van der Waals surface area contributed by atoms with Gasteiger partial charge in [-0.3, -0.25) is 0 Å². The Hall–Kier alpha value is -0.870. The van der Waals surface area contributed by atoms with Crippen molar-refractivity contribution >= 4 is 46.4 Å². The number of halogens is 7. The van der Waals surface area contributed by atoms with Gasteiger partial charge in [-0.1, -0.05) is 65.7 Å². The quantitative estimate of drug-likeness (QED) is 0.330. The first-order chi connectivity index (χ1) is 12.1. The second-order valence-corrected chi connectivity index (χ2v) is 8.52. The molecule has 138 valence electrons. The topological polar surface area (TPSA) is 0 Å². The van der Waals surface area contributed by atoms with Gasteiger partial charge in [-0.15, -0.1) is 23.2 Å². The average Bonchev–Trinajstić information content (AvgIpc) is 2.54. The monoisotopic (exact) mass is 438 g/mol. The van der Waals surface area contributed by atoms with E-state index in [2.05, 4.69) is 0 Å². The summed E-state index contributed by atoms with van der Waals surface area (Å²) in [5, 5.41) is 0.574. The van der Waals surface area contributed by atoms with E-state index < -0.39 is 27.9 Å². The Morgan fingerprint density at radius 1 is 0.808 bits per heavy atom. The van der Waals surface area contributed by atoms with Crippen molar-refractivity contribution in [3.8, 4) is 0 Å². The zero-order chi connectivity index (χ0) is 19.2. The van der Waals surface area contributed by atoms with Gasteiger partial charge in [-0.25, -0.2) is 0 Å². The summed E-state index contributed by atoms with van der Waals surface area (Å²) >= 11 is 25.9. The molecule has 1 aliphatic carbocycles. The third kappa shape index (κ3) is 3.73. The lowest BCUT2D eigenvalue weighted by Crippen LogP contribution is -2.37. The molecule has 0 aromatic heterocycles. The predicted molar refractivity (Wildman–Crippen MR) is 101 cm³/mol. The predicted octanol–water partition coefficient (Wildman–Crippen LogP) is 7.84. The van der Waals surface area contributed by atoms with Crippen LogP contribution in [0.15, 0.2) is 60.2 Å². The van der Waals surface area contributed by atoms with E-state index in [9.17, 15) is 13.2 Å². The summed E-state index contributed by atoms with van der Waals surface area (Å²) in [6.45, 7) is 0. The first-order valence-corrected chi connectivity index (χ1v) is 9.23. The third-order valence-electron chi connectivity index (χ3n) is 4.45. The van der Waals surface area contributed by atoms with Crippen molar-refractivity contribution in [2.45, 2.75) is 28.8 Å². The highest BCUT2D eigenvalue weighted by atomic mass is 35.5. The van der Waals surface area contributed by atoms with Gasteiger partial charge in [0, 0.05) is 22.0 Å². The number of allylic oxidation sites excluding steroid dienone is 2. The van der Waals surface area contributed by atoms with Gasteiger partial charge >= 0.3 is 6.18 Å². The molecule has 0 aliphatic heterocycles. The molecule has 0 nitrogen and oxygen atoms in total. The molecule has 3 rings (SSSR count). The number of hydrogen-bond acceptors (Lipinski definition) is 0. The molecule has 0 heterocycles. The zero-order valence-electron chi connectivity index (χ0n) is 13.3. The maximum Gasteiger partial charge on any atom is 0.412 e. The molecule has 0 saturated heterocycles. The summed E-state index contributed by atoms with van der Waals surface area (Å²) in [5.41, 5.74) is -0.00860. The van der Waals surface area contributed by atoms with Gasteiger partial charge in [0.05, 0.1) is 9.75 Å². The summed E-state index contributed by atoms with van der Waals surface area (Å²) < 4.78 is 40.8. The van der Waals surface area contributed by atoms with E-state index in [1.165, 1.54) is 0 Å². The summed E-state index contributed by atoms with van der Waals surface area (Å²) in [6, 6.07) is 13.1. The Balaban J connectivity index is 2.20. The van der Waals surface area contributed by atoms with Gasteiger partial charge < -0.3 is 0 Å². The van der Waals surface area contributed by atoms with Gasteiger partial charge in [0.15, 0.2) is 0 Å². The molecule has 1 aliphatic rings. The van der Waals surface area contributed by atoms with Crippen LogP contribution in [0.1, 0.15) is 24.0 Å². The average molecular weight is 440 g/mol. The fraction of sp³-hybridized carbons (Fsp3) is 0.263. The smallest absolute Gasteiger partial charge is 0.166 e. The Morgan fingerprint density at radius 3 is 1.81 bits per heavy atom. The Bertz CT molecular complexity index is 862. The molecule has 7 heteroatoms. The Kier molecular flexibility index (Phi) is 5.31. The highest BCUT2D eigenvalue weighted by molar-refractivity contribution is 6.35. The Morgan fingerprint density at radius 2 is 1.31 bits per heavy atom. The van der Waals surface area contributed by atoms with Gasteiger partial charge in [-0.05, 0) is 29.7 Å². The minimum Gasteiger partial charge on any atom is -0.166 e. The van der Waals surface area contributed by atoms with Crippen molar-refractivity contribution in [2.24, 2.45) is 0 Å². The summed E-state index contributed by atoms with van der Waals surface area (Å²) in [7, 11) is 0. The van der Waals surface area contributed by atoms with E-state index in [1.54, 1.807) is 48.5 Å². The van der Waals surface area contributed by atoms with Crippen LogP contribution in [0, 0.1) is 0 Å². The maximum atomic E-state index is 13.6. The minimum absolute atomic E-state index is 0.0101. The van der Waals surface area contributed by atoms with Crippen LogP contribution in [-0.2, 0) is 9.75 Å². The van der Waals surface area contributed by atoms with Gasteiger partial charge in [-0.2, -0.15) is 13.2 Å². The third-order valence-corrected chi connectivity index (χ3v) is 6.03. The fourth-order valence-corrected chi connectivity index (χ4v) is 5.15. The maximum absolute atomic E-state index is 13.6. The SMILES string of the molecule is FC(F)(F)C1=CC(Cl)(c2ccccc2Cl)CC(Cl)(c2ccccc2Cl)C1. The summed E-state index contributed by atoms with van der Waals surface area (Å²) in [4.78, 5) is -2.93. The molecular formula is C19H13Cl4F3. The standard InChI is InChI=1S/C19H13Cl4F3/c20-15-7-3-1-5-13(15)17(22)9-12(19(24,25)26)10-18(23,11-17)14-6-2-4-8-16(14)21/h1-9H,10-11H2. The van der Waals surface area contributed by atoms with Crippen molar-refractivity contribution in [3.05, 3.63) is 81.4 Å². The van der Waals surface area contributed by atoms with Crippen molar-refractivity contribution in [2.75, 3.05) is 0 Å². The summed E-state index contributed by atoms with van der Waals surface area (Å²) in [5.74, 6) is 0. The molecule has 0 spiro atoms. The lowest BCUT2D eigenvalue weighted by Gasteiger charge is -2.41. The minimum atomic E-state index is -4.57. The van der Waals surface area contributed by atoms with E-state index in [0.29, 0.717) is 16.1 Å². The van der Waals surface area contributed by atoms with Gasteiger partial charge in [0.25, 0.3) is 0 Å². The first kappa shape index (κ1) is 19.9. The molecule has 0 saturated carbocycles. The van der Waals surface area contributed by atoms with Crippen LogP contribution >= 0.6 is 46.4 Å². The molecular weight excluding hydrogens is 427 g/mol. The van der Waals surface area contributed by atoms with E-state index in [0.717, 1.165) is 6.08 Å². The van der Waals surface area contributed by atoms with Crippen LogP contribution in [0.25, 0.3) is 0 Å². The highest BCUT2D eigenvalue weighted by Crippen LogP contribution is 2.57. The second kappa shape index (κ2) is 6.94. The van der Waals surface area contributed by atoms with Gasteiger partial charge in [0.2, 0.25) is 0 Å². The molecule has 2 atom stereocenters. The lowest BCUT2D eigenvalue weighted by molar-refractivity contribution is -0.0966. The van der Waals surface area contributed by atoms with Crippen molar-refractivity contribution in [1.82, 2.24) is 0 Å². The van der Waals surface area contributed by atoms with E-state index in [-0.39, 0.29) is 11.4 Å².